The van der Waals surface area contributed by atoms with Crippen molar-refractivity contribution in [3.63, 3.8) is 0 Å². The molecule has 2 aromatic carbocycles. The van der Waals surface area contributed by atoms with Crippen molar-refractivity contribution >= 4 is 17.6 Å². The monoisotopic (exact) mass is 460 g/mol. The summed E-state index contributed by atoms with van der Waals surface area (Å²) in [5.41, 5.74) is 3.41. The molecule has 1 N–H and O–H groups in total. The molecule has 3 amide bonds. The first kappa shape index (κ1) is 22.2. The lowest BCUT2D eigenvalue weighted by Crippen LogP contribution is -2.50. The number of para-hydroxylation sites is 2. The third-order valence-corrected chi connectivity index (χ3v) is 6.53. The van der Waals surface area contributed by atoms with Gasteiger partial charge in [0.2, 0.25) is 5.91 Å². The molecule has 1 aromatic heterocycles. The van der Waals surface area contributed by atoms with Crippen LogP contribution >= 0.6 is 0 Å². The van der Waals surface area contributed by atoms with E-state index in [0.717, 1.165) is 48.3 Å². The highest BCUT2D eigenvalue weighted by Crippen LogP contribution is 2.42. The molecule has 2 aliphatic rings. The molecule has 0 saturated heterocycles. The average molecular weight is 461 g/mol. The summed E-state index contributed by atoms with van der Waals surface area (Å²) >= 11 is 0. The number of urea groups is 1. The summed E-state index contributed by atoms with van der Waals surface area (Å²) in [6.07, 6.45) is 5.70. The largest absolute Gasteiger partial charge is 0.338 e. The van der Waals surface area contributed by atoms with Crippen molar-refractivity contribution in [2.45, 2.75) is 44.7 Å². The lowest BCUT2D eigenvalue weighted by Gasteiger charge is -2.39. The van der Waals surface area contributed by atoms with Crippen molar-refractivity contribution in [1.29, 1.82) is 0 Å². The fraction of sp³-hybridized carbons (Fsp3) is 0.333. The Morgan fingerprint density at radius 1 is 1.03 bits per heavy atom. The second kappa shape index (κ2) is 9.33. The van der Waals surface area contributed by atoms with Crippen molar-refractivity contribution < 1.29 is 14.0 Å². The molecule has 34 heavy (non-hydrogen) atoms. The lowest BCUT2D eigenvalue weighted by molar-refractivity contribution is -0.119. The SMILES string of the molecule is CCCCNC(=O)N(CC(=O)N1c2ccccc2-n2cccc2C1c1ccc(F)cc1)C1CC1. The van der Waals surface area contributed by atoms with Crippen LogP contribution in [0.4, 0.5) is 14.9 Å². The molecule has 0 radical (unpaired) electrons. The first-order valence-electron chi connectivity index (χ1n) is 12.0. The molecule has 1 aliphatic heterocycles. The van der Waals surface area contributed by atoms with Gasteiger partial charge in [-0.3, -0.25) is 9.69 Å². The number of amides is 3. The Balaban J connectivity index is 1.51. The van der Waals surface area contributed by atoms with Crippen molar-refractivity contribution in [2.75, 3.05) is 18.0 Å². The van der Waals surface area contributed by atoms with Crippen LogP contribution in [0.1, 0.15) is 49.9 Å². The van der Waals surface area contributed by atoms with Crippen LogP contribution in [0.5, 0.6) is 0 Å². The summed E-state index contributed by atoms with van der Waals surface area (Å²) in [6, 6.07) is 17.5. The first-order valence-corrected chi connectivity index (χ1v) is 12.0. The van der Waals surface area contributed by atoms with E-state index in [1.807, 2.05) is 42.6 Å². The van der Waals surface area contributed by atoms with Crippen LogP contribution in [0.25, 0.3) is 5.69 Å². The molecular weight excluding hydrogens is 431 g/mol. The molecule has 3 aromatic rings. The zero-order valence-electron chi connectivity index (χ0n) is 19.3. The van der Waals surface area contributed by atoms with Gasteiger partial charge in [-0.05, 0) is 61.2 Å². The van der Waals surface area contributed by atoms with Crippen LogP contribution in [-0.2, 0) is 4.79 Å². The second-order valence-electron chi connectivity index (χ2n) is 8.95. The number of carbonyl (C=O) groups excluding carboxylic acids is 2. The Labute approximate surface area is 199 Å². The van der Waals surface area contributed by atoms with Crippen molar-refractivity contribution in [1.82, 2.24) is 14.8 Å². The quantitative estimate of drug-likeness (QED) is 0.503. The van der Waals surface area contributed by atoms with Gasteiger partial charge in [-0.15, -0.1) is 0 Å². The molecule has 2 heterocycles. The highest BCUT2D eigenvalue weighted by atomic mass is 19.1. The number of hydrogen-bond donors (Lipinski definition) is 1. The van der Waals surface area contributed by atoms with Gasteiger partial charge in [-0.1, -0.05) is 37.6 Å². The Bertz CT molecular complexity index is 1190. The number of fused-ring (bicyclic) bond motifs is 3. The number of rotatable bonds is 7. The normalized spacial score (nSPS) is 16.5. The minimum atomic E-state index is -0.429. The zero-order chi connectivity index (χ0) is 23.7. The number of hydrogen-bond acceptors (Lipinski definition) is 2. The number of anilines is 1. The van der Waals surface area contributed by atoms with Gasteiger partial charge in [0.25, 0.3) is 0 Å². The van der Waals surface area contributed by atoms with E-state index in [1.54, 1.807) is 21.9 Å². The highest BCUT2D eigenvalue weighted by Gasteiger charge is 2.39. The van der Waals surface area contributed by atoms with E-state index >= 15 is 0 Å². The maximum absolute atomic E-state index is 13.9. The minimum absolute atomic E-state index is 0.00460. The van der Waals surface area contributed by atoms with Gasteiger partial charge < -0.3 is 14.8 Å². The smallest absolute Gasteiger partial charge is 0.318 e. The number of benzene rings is 2. The second-order valence-corrected chi connectivity index (χ2v) is 8.95. The van der Waals surface area contributed by atoms with Gasteiger partial charge in [-0.25, -0.2) is 9.18 Å². The summed E-state index contributed by atoms with van der Waals surface area (Å²) in [5, 5.41) is 2.96. The van der Waals surface area contributed by atoms with Gasteiger partial charge >= 0.3 is 6.03 Å². The van der Waals surface area contributed by atoms with Gasteiger partial charge in [-0.2, -0.15) is 0 Å². The molecule has 0 spiro atoms. The van der Waals surface area contributed by atoms with Crippen LogP contribution in [0.2, 0.25) is 0 Å². The lowest BCUT2D eigenvalue weighted by atomic mass is 9.97. The fourth-order valence-electron chi connectivity index (χ4n) is 4.67. The summed E-state index contributed by atoms with van der Waals surface area (Å²) in [4.78, 5) is 30.3. The predicted octanol–water partition coefficient (Wildman–Crippen LogP) is 5.03. The molecule has 1 unspecified atom stereocenters. The molecule has 7 heteroatoms. The minimum Gasteiger partial charge on any atom is -0.338 e. The number of carbonyl (C=O) groups is 2. The van der Waals surface area contributed by atoms with E-state index in [-0.39, 0.29) is 30.3 Å². The van der Waals surface area contributed by atoms with Crippen LogP contribution in [0.3, 0.4) is 0 Å². The zero-order valence-corrected chi connectivity index (χ0v) is 19.3. The third kappa shape index (κ3) is 4.18. The molecule has 1 fully saturated rings. The van der Waals surface area contributed by atoms with Gasteiger partial charge in [0.15, 0.2) is 0 Å². The van der Waals surface area contributed by atoms with Gasteiger partial charge in [0.1, 0.15) is 18.4 Å². The Morgan fingerprint density at radius 3 is 2.47 bits per heavy atom. The van der Waals surface area contributed by atoms with Crippen LogP contribution in [0, 0.1) is 5.82 Å². The third-order valence-electron chi connectivity index (χ3n) is 6.53. The summed E-state index contributed by atoms with van der Waals surface area (Å²) in [5.74, 6) is -0.483. The number of unbranched alkanes of at least 4 members (excludes halogenated alkanes) is 1. The Hall–Kier alpha value is -3.61. The van der Waals surface area contributed by atoms with E-state index < -0.39 is 6.04 Å². The molecule has 1 aliphatic carbocycles. The number of nitrogens with one attached hydrogen (secondary N) is 1. The standard InChI is InChI=1S/C27H29FN4O2/c1-2-3-16-29-27(34)31(21-14-15-21)18-25(33)32-23-8-5-4-7-22(23)30-17-6-9-24(30)26(32)19-10-12-20(28)13-11-19/h4-13,17,21,26H,2-3,14-16,18H2,1H3,(H,29,34). The van der Waals surface area contributed by atoms with Crippen molar-refractivity contribution in [3.8, 4) is 5.69 Å². The summed E-state index contributed by atoms with van der Waals surface area (Å²) in [6.45, 7) is 2.67. The molecule has 1 atom stereocenters. The first-order chi connectivity index (χ1) is 16.6. The average Bonchev–Trinajstić information content (AvgIpc) is 3.57. The van der Waals surface area contributed by atoms with Crippen LogP contribution in [-0.4, -0.2) is 40.5 Å². The summed E-state index contributed by atoms with van der Waals surface area (Å²) in [7, 11) is 0. The van der Waals surface area contributed by atoms with E-state index in [0.29, 0.717) is 6.54 Å². The highest BCUT2D eigenvalue weighted by molar-refractivity contribution is 6.00. The van der Waals surface area contributed by atoms with Gasteiger partial charge in [0, 0.05) is 18.8 Å². The van der Waals surface area contributed by atoms with E-state index in [4.69, 9.17) is 0 Å². The van der Waals surface area contributed by atoms with Crippen molar-refractivity contribution in [3.05, 3.63) is 83.9 Å². The van der Waals surface area contributed by atoms with E-state index in [9.17, 15) is 14.0 Å². The molecule has 5 rings (SSSR count). The molecular formula is C27H29FN4O2. The maximum Gasteiger partial charge on any atom is 0.318 e. The topological polar surface area (TPSA) is 57.6 Å². The maximum atomic E-state index is 13.9. The van der Waals surface area contributed by atoms with E-state index in [1.165, 1.54) is 12.1 Å². The molecule has 176 valence electrons. The number of nitrogens with zero attached hydrogens (tertiary/aromatic N) is 3. The van der Waals surface area contributed by atoms with Crippen LogP contribution in [0.15, 0.2) is 66.9 Å². The van der Waals surface area contributed by atoms with E-state index in [2.05, 4.69) is 16.8 Å². The Morgan fingerprint density at radius 2 is 1.76 bits per heavy atom. The Kier molecular flexibility index (Phi) is 6.09. The number of aromatic nitrogens is 1. The van der Waals surface area contributed by atoms with Crippen molar-refractivity contribution in [2.24, 2.45) is 0 Å². The fourth-order valence-corrected chi connectivity index (χ4v) is 4.67. The molecule has 0 bridgehead atoms. The van der Waals surface area contributed by atoms with Gasteiger partial charge in [0.05, 0.1) is 17.1 Å². The molecule has 1 saturated carbocycles. The summed E-state index contributed by atoms with van der Waals surface area (Å²) < 4.78 is 15.8. The van der Waals surface area contributed by atoms with Crippen LogP contribution < -0.4 is 10.2 Å². The number of halogens is 1. The predicted molar refractivity (Wildman–Crippen MR) is 130 cm³/mol. The molecule has 6 nitrogen and oxygen atoms in total.